The molecule has 0 amide bonds. The summed E-state index contributed by atoms with van der Waals surface area (Å²) in [5, 5.41) is 1.51. The lowest BCUT2D eigenvalue weighted by molar-refractivity contribution is 0.637. The van der Waals surface area contributed by atoms with Crippen LogP contribution >= 0.6 is 23.2 Å². The number of aryl methyl sites for hydroxylation is 1. The summed E-state index contributed by atoms with van der Waals surface area (Å²) in [6.45, 7) is 15.7. The van der Waals surface area contributed by atoms with Gasteiger partial charge in [0.15, 0.2) is 0 Å². The van der Waals surface area contributed by atoms with Crippen LogP contribution in [0.5, 0.6) is 0 Å². The van der Waals surface area contributed by atoms with Crippen LogP contribution in [-0.4, -0.2) is 7.05 Å². The molecule has 6 rings (SSSR count). The van der Waals surface area contributed by atoms with Crippen molar-refractivity contribution in [3.63, 3.8) is 0 Å². The minimum absolute atomic E-state index is 0.183. The first-order chi connectivity index (χ1) is 22.9. The second-order valence-corrected chi connectivity index (χ2v) is 14.8. The van der Waals surface area contributed by atoms with E-state index < -0.39 is 0 Å². The van der Waals surface area contributed by atoms with Crippen molar-refractivity contribution in [2.75, 3.05) is 16.8 Å². The number of para-hydroxylation sites is 2. The Kier molecular flexibility index (Phi) is 9.35. The van der Waals surface area contributed by atoms with E-state index >= 15 is 0 Å². The summed E-state index contributed by atoms with van der Waals surface area (Å²) in [4.78, 5) is 4.71. The van der Waals surface area contributed by atoms with Gasteiger partial charge < -0.3 is 9.80 Å². The smallest absolute Gasteiger partial charge is 0.0525 e. The van der Waals surface area contributed by atoms with E-state index in [1.165, 1.54) is 44.9 Å². The van der Waals surface area contributed by atoms with Gasteiger partial charge in [0.05, 0.1) is 5.70 Å². The predicted molar refractivity (Wildman–Crippen MR) is 208 cm³/mol. The maximum absolute atomic E-state index is 6.46. The summed E-state index contributed by atoms with van der Waals surface area (Å²) in [6.07, 6.45) is 11.0. The lowest BCUT2D eigenvalue weighted by atomic mass is 9.76. The molecule has 1 aliphatic carbocycles. The average molecular weight is 672 g/mol. The third-order valence-electron chi connectivity index (χ3n) is 10.1. The van der Waals surface area contributed by atoms with Crippen molar-refractivity contribution in [1.82, 2.24) is 0 Å². The molecular formula is C44H44Cl2N2. The molecule has 0 N–H and O–H groups in total. The molecule has 0 bridgehead atoms. The van der Waals surface area contributed by atoms with Gasteiger partial charge in [0.25, 0.3) is 0 Å². The van der Waals surface area contributed by atoms with E-state index in [2.05, 4.69) is 167 Å². The topological polar surface area (TPSA) is 6.48 Å². The first kappa shape index (κ1) is 33.7. The highest BCUT2D eigenvalue weighted by atomic mass is 35.5. The Balaban J connectivity index is 1.47. The van der Waals surface area contributed by atoms with Crippen LogP contribution in [0.2, 0.25) is 10.0 Å². The lowest BCUT2D eigenvalue weighted by Crippen LogP contribution is -2.22. The fourth-order valence-corrected chi connectivity index (χ4v) is 7.57. The molecule has 1 heterocycles. The molecule has 4 aromatic carbocycles. The number of hydrogen-bond donors (Lipinski definition) is 0. The number of fused-ring (bicyclic) bond motifs is 1. The number of benzene rings is 4. The van der Waals surface area contributed by atoms with Gasteiger partial charge in [-0.15, -0.1) is 0 Å². The Morgan fingerprint density at radius 1 is 0.833 bits per heavy atom. The van der Waals surface area contributed by atoms with Crippen LogP contribution in [0.1, 0.15) is 57.2 Å². The van der Waals surface area contributed by atoms with Gasteiger partial charge in [0.1, 0.15) is 0 Å². The largest absolute Gasteiger partial charge is 0.347 e. The number of anilines is 3. The summed E-state index contributed by atoms with van der Waals surface area (Å²) >= 11 is 12.9. The minimum atomic E-state index is -0.289. The van der Waals surface area contributed by atoms with Gasteiger partial charge in [-0.2, -0.15) is 0 Å². The number of halogens is 2. The summed E-state index contributed by atoms with van der Waals surface area (Å²) in [6, 6.07) is 33.7. The zero-order valence-corrected chi connectivity index (χ0v) is 30.3. The van der Waals surface area contributed by atoms with E-state index in [1.54, 1.807) is 0 Å². The summed E-state index contributed by atoms with van der Waals surface area (Å²) < 4.78 is 0. The maximum atomic E-state index is 6.46. The Morgan fingerprint density at radius 2 is 1.44 bits per heavy atom. The Morgan fingerprint density at radius 3 is 2.08 bits per heavy atom. The zero-order chi connectivity index (χ0) is 34.2. The van der Waals surface area contributed by atoms with Crippen LogP contribution < -0.4 is 9.80 Å². The molecule has 48 heavy (non-hydrogen) atoms. The third kappa shape index (κ3) is 6.32. The fourth-order valence-electron chi connectivity index (χ4n) is 7.22. The standard InChI is InChI=1S/C44H44Cl2N2/c1-30-18-24-34(45)28-38(30)43(3,4)31(2)19-20-32-21-22-33(23-27-41-44(5,6)39-29-35(46)25-26-40(39)47(41)7)42(32)48(36-14-10-8-11-15-36)37-16-12-9-13-17-37/h8-20,23-29H,2,21-22H2,1,3-7H3. The molecular weight excluding hydrogens is 627 g/mol. The Hall–Kier alpha value is -4.24. The molecule has 0 spiro atoms. The van der Waals surface area contributed by atoms with Gasteiger partial charge >= 0.3 is 0 Å². The fraction of sp³-hybridized carbons (Fsp3) is 0.227. The molecule has 4 aromatic rings. The first-order valence-corrected chi connectivity index (χ1v) is 17.4. The Bertz CT molecular complexity index is 1940. The summed E-state index contributed by atoms with van der Waals surface area (Å²) in [5.74, 6) is 0. The zero-order valence-electron chi connectivity index (χ0n) is 28.8. The molecule has 0 saturated heterocycles. The van der Waals surface area contributed by atoms with Crippen molar-refractivity contribution >= 4 is 40.3 Å². The van der Waals surface area contributed by atoms with Crippen LogP contribution in [0.4, 0.5) is 17.1 Å². The van der Waals surface area contributed by atoms with E-state index in [1.807, 2.05) is 12.1 Å². The van der Waals surface area contributed by atoms with Gasteiger partial charge in [-0.1, -0.05) is 118 Å². The molecule has 0 atom stereocenters. The van der Waals surface area contributed by atoms with Crippen molar-refractivity contribution in [3.05, 3.63) is 183 Å². The summed E-state index contributed by atoms with van der Waals surface area (Å²) in [7, 11) is 2.15. The molecule has 0 radical (unpaired) electrons. The van der Waals surface area contributed by atoms with Crippen molar-refractivity contribution in [3.8, 4) is 0 Å². The van der Waals surface area contributed by atoms with E-state index in [9.17, 15) is 0 Å². The highest BCUT2D eigenvalue weighted by molar-refractivity contribution is 6.31. The van der Waals surface area contributed by atoms with E-state index in [-0.39, 0.29) is 10.8 Å². The van der Waals surface area contributed by atoms with Crippen LogP contribution in [-0.2, 0) is 10.8 Å². The van der Waals surface area contributed by atoms with Gasteiger partial charge in [0.2, 0.25) is 0 Å². The molecule has 244 valence electrons. The molecule has 2 nitrogen and oxygen atoms in total. The number of rotatable bonds is 8. The highest BCUT2D eigenvalue weighted by Gasteiger charge is 2.38. The number of allylic oxidation sites excluding steroid dienone is 8. The minimum Gasteiger partial charge on any atom is -0.347 e. The molecule has 1 aliphatic heterocycles. The number of hydrogen-bond acceptors (Lipinski definition) is 2. The molecule has 0 unspecified atom stereocenters. The third-order valence-corrected chi connectivity index (χ3v) is 10.6. The predicted octanol–water partition coefficient (Wildman–Crippen LogP) is 12.8. The second-order valence-electron chi connectivity index (χ2n) is 13.9. The van der Waals surface area contributed by atoms with Crippen molar-refractivity contribution < 1.29 is 0 Å². The number of likely N-dealkylation sites (N-methyl/N-ethyl adjacent to an activating group) is 1. The monoisotopic (exact) mass is 670 g/mol. The van der Waals surface area contributed by atoms with E-state index in [4.69, 9.17) is 23.2 Å². The summed E-state index contributed by atoms with van der Waals surface area (Å²) in [5.41, 5.74) is 12.7. The highest BCUT2D eigenvalue weighted by Crippen LogP contribution is 2.48. The van der Waals surface area contributed by atoms with Gasteiger partial charge in [-0.3, -0.25) is 0 Å². The Labute approximate surface area is 297 Å². The van der Waals surface area contributed by atoms with Crippen LogP contribution in [0, 0.1) is 6.92 Å². The average Bonchev–Trinajstić information content (AvgIpc) is 3.55. The molecule has 2 aliphatic rings. The number of nitrogens with zero attached hydrogens (tertiary/aromatic N) is 2. The molecule has 0 saturated carbocycles. The van der Waals surface area contributed by atoms with Crippen molar-refractivity contribution in [2.24, 2.45) is 0 Å². The van der Waals surface area contributed by atoms with E-state index in [0.29, 0.717) is 0 Å². The molecule has 0 aromatic heterocycles. The van der Waals surface area contributed by atoms with Gasteiger partial charge in [0, 0.05) is 50.7 Å². The quantitative estimate of drug-likeness (QED) is 0.172. The van der Waals surface area contributed by atoms with E-state index in [0.717, 1.165) is 39.8 Å². The molecule has 0 fully saturated rings. The van der Waals surface area contributed by atoms with Gasteiger partial charge in [-0.05, 0) is 114 Å². The lowest BCUT2D eigenvalue weighted by Gasteiger charge is -2.29. The van der Waals surface area contributed by atoms with Crippen molar-refractivity contribution in [2.45, 2.75) is 58.3 Å². The second kappa shape index (κ2) is 13.3. The van der Waals surface area contributed by atoms with Crippen molar-refractivity contribution in [1.29, 1.82) is 0 Å². The van der Waals surface area contributed by atoms with Crippen LogP contribution in [0.25, 0.3) is 0 Å². The molecule has 4 heteroatoms. The van der Waals surface area contributed by atoms with Gasteiger partial charge in [-0.25, -0.2) is 0 Å². The first-order valence-electron chi connectivity index (χ1n) is 16.6. The maximum Gasteiger partial charge on any atom is 0.0525 e. The normalized spacial score (nSPS) is 17.5. The van der Waals surface area contributed by atoms with Crippen LogP contribution in [0.3, 0.4) is 0 Å². The SMILES string of the molecule is C=C(C=CC1=C(N(c2ccccc2)c2ccccc2)C(=CC=C2N(C)c3ccc(Cl)cc3C2(C)C)CC1)C(C)(C)c1cc(Cl)ccc1C. The van der Waals surface area contributed by atoms with Crippen LogP contribution in [0.15, 0.2) is 156 Å².